The van der Waals surface area contributed by atoms with Crippen molar-refractivity contribution in [1.82, 2.24) is 15.2 Å². The van der Waals surface area contributed by atoms with Crippen molar-refractivity contribution < 1.29 is 0 Å². The minimum Gasteiger partial charge on any atom is -0.361 e. The number of rotatable bonds is 4. The van der Waals surface area contributed by atoms with Crippen molar-refractivity contribution in [3.63, 3.8) is 0 Å². The minimum atomic E-state index is 0.698. The number of hydrogen-bond acceptors (Lipinski definition) is 2. The Morgan fingerprint density at radius 2 is 2.11 bits per heavy atom. The molecule has 3 heteroatoms. The summed E-state index contributed by atoms with van der Waals surface area (Å²) in [4.78, 5) is 5.89. The summed E-state index contributed by atoms with van der Waals surface area (Å²) >= 11 is 0. The molecule has 0 aliphatic carbocycles. The molecule has 0 atom stereocenters. The summed E-state index contributed by atoms with van der Waals surface area (Å²) in [6.45, 7) is 5.49. The predicted octanol–water partition coefficient (Wildman–Crippen LogP) is 2.13. The molecule has 0 spiro atoms. The number of hydrogen-bond donors (Lipinski definition) is 2. The maximum absolute atomic E-state index is 3.45. The van der Waals surface area contributed by atoms with Crippen LogP contribution in [0.25, 0.3) is 10.9 Å². The molecular weight excluding hydrogens is 222 g/mol. The van der Waals surface area contributed by atoms with Crippen molar-refractivity contribution in [2.45, 2.75) is 25.9 Å². The average Bonchev–Trinajstić information content (AvgIpc) is 2.70. The molecular formula is C15H21N3. The summed E-state index contributed by atoms with van der Waals surface area (Å²) in [6, 6.07) is 7.31. The van der Waals surface area contributed by atoms with E-state index >= 15 is 0 Å². The molecule has 1 aromatic carbocycles. The van der Waals surface area contributed by atoms with E-state index in [1.165, 1.54) is 22.0 Å². The zero-order valence-electron chi connectivity index (χ0n) is 11.2. The third-order valence-electron chi connectivity index (χ3n) is 4.07. The number of aromatic nitrogens is 1. The lowest BCUT2D eigenvalue weighted by atomic mass is 10.1. The third-order valence-corrected chi connectivity index (χ3v) is 4.07. The SMILES string of the molecule is CCc1cccc2c(CN(C)C3CNC3)c[nH]c12. The topological polar surface area (TPSA) is 31.1 Å². The first-order chi connectivity index (χ1) is 8.79. The lowest BCUT2D eigenvalue weighted by Crippen LogP contribution is -2.55. The van der Waals surface area contributed by atoms with Crippen LogP contribution >= 0.6 is 0 Å². The Bertz CT molecular complexity index is 540. The number of aryl methyl sites for hydroxylation is 1. The van der Waals surface area contributed by atoms with E-state index < -0.39 is 0 Å². The summed E-state index contributed by atoms with van der Waals surface area (Å²) < 4.78 is 0. The van der Waals surface area contributed by atoms with E-state index in [2.05, 4.69) is 53.6 Å². The highest BCUT2D eigenvalue weighted by Gasteiger charge is 2.22. The fourth-order valence-corrected chi connectivity index (χ4v) is 2.68. The van der Waals surface area contributed by atoms with Gasteiger partial charge < -0.3 is 10.3 Å². The first-order valence-corrected chi connectivity index (χ1v) is 6.78. The Morgan fingerprint density at radius 1 is 1.28 bits per heavy atom. The van der Waals surface area contributed by atoms with Crippen molar-refractivity contribution in [3.8, 4) is 0 Å². The Morgan fingerprint density at radius 3 is 2.78 bits per heavy atom. The van der Waals surface area contributed by atoms with Gasteiger partial charge in [0.2, 0.25) is 0 Å². The van der Waals surface area contributed by atoms with Gasteiger partial charge in [-0.25, -0.2) is 0 Å². The number of benzene rings is 1. The van der Waals surface area contributed by atoms with E-state index in [4.69, 9.17) is 0 Å². The van der Waals surface area contributed by atoms with E-state index in [9.17, 15) is 0 Å². The molecule has 0 bridgehead atoms. The molecule has 3 nitrogen and oxygen atoms in total. The summed E-state index contributed by atoms with van der Waals surface area (Å²) in [5, 5.41) is 4.71. The van der Waals surface area contributed by atoms with Gasteiger partial charge in [-0.05, 0) is 24.6 Å². The molecule has 2 aromatic rings. The molecule has 1 fully saturated rings. The molecule has 0 radical (unpaired) electrons. The average molecular weight is 243 g/mol. The first-order valence-electron chi connectivity index (χ1n) is 6.78. The second-order valence-corrected chi connectivity index (χ2v) is 5.23. The van der Waals surface area contributed by atoms with Crippen LogP contribution < -0.4 is 5.32 Å². The third kappa shape index (κ3) is 1.93. The highest BCUT2D eigenvalue weighted by atomic mass is 15.2. The van der Waals surface area contributed by atoms with Crippen LogP contribution in [0.1, 0.15) is 18.1 Å². The monoisotopic (exact) mass is 243 g/mol. The Balaban J connectivity index is 1.88. The van der Waals surface area contributed by atoms with Gasteiger partial charge in [0.15, 0.2) is 0 Å². The molecule has 3 rings (SSSR count). The lowest BCUT2D eigenvalue weighted by molar-refractivity contribution is 0.173. The van der Waals surface area contributed by atoms with E-state index in [0.717, 1.165) is 26.1 Å². The molecule has 1 aliphatic heterocycles. The quantitative estimate of drug-likeness (QED) is 0.862. The molecule has 0 amide bonds. The van der Waals surface area contributed by atoms with Crippen LogP contribution in [0.15, 0.2) is 24.4 Å². The van der Waals surface area contributed by atoms with Crippen LogP contribution in [0.5, 0.6) is 0 Å². The van der Waals surface area contributed by atoms with Crippen molar-refractivity contribution in [1.29, 1.82) is 0 Å². The molecule has 1 saturated heterocycles. The van der Waals surface area contributed by atoms with Crippen molar-refractivity contribution in [2.24, 2.45) is 0 Å². The summed E-state index contributed by atoms with van der Waals surface area (Å²) in [5.41, 5.74) is 4.14. The van der Waals surface area contributed by atoms with Gasteiger partial charge in [-0.3, -0.25) is 4.90 Å². The van der Waals surface area contributed by atoms with Crippen molar-refractivity contribution in [2.75, 3.05) is 20.1 Å². The summed E-state index contributed by atoms with van der Waals surface area (Å²) in [7, 11) is 2.22. The first kappa shape index (κ1) is 11.8. The molecule has 2 N–H and O–H groups in total. The minimum absolute atomic E-state index is 0.698. The van der Waals surface area contributed by atoms with Crippen LogP contribution in [-0.4, -0.2) is 36.1 Å². The number of H-pyrrole nitrogens is 1. The number of likely N-dealkylation sites (N-methyl/N-ethyl adjacent to an activating group) is 1. The normalized spacial score (nSPS) is 16.4. The molecule has 1 aromatic heterocycles. The van der Waals surface area contributed by atoms with Gasteiger partial charge in [-0.2, -0.15) is 0 Å². The maximum atomic E-state index is 3.45. The second-order valence-electron chi connectivity index (χ2n) is 5.23. The number of nitrogens with one attached hydrogen (secondary N) is 2. The molecule has 18 heavy (non-hydrogen) atoms. The molecule has 1 aliphatic rings. The van der Waals surface area contributed by atoms with Gasteiger partial charge in [0.1, 0.15) is 0 Å². The fraction of sp³-hybridized carbons (Fsp3) is 0.467. The van der Waals surface area contributed by atoms with Gasteiger partial charge in [0.25, 0.3) is 0 Å². The Kier molecular flexibility index (Phi) is 3.10. The van der Waals surface area contributed by atoms with Gasteiger partial charge in [-0.15, -0.1) is 0 Å². The van der Waals surface area contributed by atoms with Crippen LogP contribution in [-0.2, 0) is 13.0 Å². The highest BCUT2D eigenvalue weighted by Crippen LogP contribution is 2.23. The molecule has 0 unspecified atom stereocenters. The molecule has 0 saturated carbocycles. The van der Waals surface area contributed by atoms with Crippen molar-refractivity contribution in [3.05, 3.63) is 35.5 Å². The second kappa shape index (κ2) is 4.75. The maximum Gasteiger partial charge on any atom is 0.0489 e. The number of nitrogens with zero attached hydrogens (tertiary/aromatic N) is 1. The Hall–Kier alpha value is -1.32. The van der Waals surface area contributed by atoms with Gasteiger partial charge in [0.05, 0.1) is 0 Å². The number of para-hydroxylation sites is 1. The van der Waals surface area contributed by atoms with Gasteiger partial charge in [0, 0.05) is 42.8 Å². The lowest BCUT2D eigenvalue weighted by Gasteiger charge is -2.35. The highest BCUT2D eigenvalue weighted by molar-refractivity contribution is 5.86. The number of aromatic amines is 1. The summed E-state index contributed by atoms with van der Waals surface area (Å²) in [5.74, 6) is 0. The molecule has 2 heterocycles. The van der Waals surface area contributed by atoms with Crippen molar-refractivity contribution >= 4 is 10.9 Å². The number of fused-ring (bicyclic) bond motifs is 1. The van der Waals surface area contributed by atoms with E-state index in [-0.39, 0.29) is 0 Å². The van der Waals surface area contributed by atoms with Crippen LogP contribution in [0.4, 0.5) is 0 Å². The standard InChI is InChI=1S/C15H21N3/c1-3-11-5-4-6-14-12(7-17-15(11)14)10-18(2)13-8-16-9-13/h4-7,13,16-17H,3,8-10H2,1-2H3. The zero-order chi connectivity index (χ0) is 12.5. The van der Waals surface area contributed by atoms with Crippen LogP contribution in [0.2, 0.25) is 0 Å². The van der Waals surface area contributed by atoms with Crippen LogP contribution in [0, 0.1) is 0 Å². The smallest absolute Gasteiger partial charge is 0.0489 e. The van der Waals surface area contributed by atoms with E-state index in [0.29, 0.717) is 6.04 Å². The zero-order valence-corrected chi connectivity index (χ0v) is 11.2. The molecule has 96 valence electrons. The summed E-state index contributed by atoms with van der Waals surface area (Å²) in [6.07, 6.45) is 3.26. The fourth-order valence-electron chi connectivity index (χ4n) is 2.68. The van der Waals surface area contributed by atoms with E-state index in [1.54, 1.807) is 0 Å². The van der Waals surface area contributed by atoms with E-state index in [1.807, 2.05) is 0 Å². The largest absolute Gasteiger partial charge is 0.361 e. The van der Waals surface area contributed by atoms with Crippen LogP contribution in [0.3, 0.4) is 0 Å². The van der Waals surface area contributed by atoms with Gasteiger partial charge in [-0.1, -0.05) is 25.1 Å². The Labute approximate surface area is 108 Å². The predicted molar refractivity (Wildman–Crippen MR) is 75.8 cm³/mol. The van der Waals surface area contributed by atoms with Gasteiger partial charge >= 0.3 is 0 Å².